The molecule has 0 saturated heterocycles. The first-order valence-corrected chi connectivity index (χ1v) is 8.09. The molecule has 0 amide bonds. The number of nitrogens with zero attached hydrogens (tertiary/aromatic N) is 1. The number of hydrogen-bond donors (Lipinski definition) is 1. The van der Waals surface area contributed by atoms with E-state index < -0.39 is 10.0 Å². The number of nitrogen functional groups attached to an aromatic ring is 1. The normalized spacial score (nSPS) is 13.5. The van der Waals surface area contributed by atoms with Crippen molar-refractivity contribution < 1.29 is 17.9 Å². The minimum absolute atomic E-state index is 0.0335. The van der Waals surface area contributed by atoms with Crippen LogP contribution in [0.2, 0.25) is 0 Å². The third-order valence-corrected chi connectivity index (χ3v) is 5.65. The number of hydrogen-bond acceptors (Lipinski definition) is 5. The first kappa shape index (κ1) is 17.2. The van der Waals surface area contributed by atoms with Crippen molar-refractivity contribution in [1.29, 1.82) is 0 Å². The van der Waals surface area contributed by atoms with Crippen LogP contribution in [-0.2, 0) is 14.8 Å². The Labute approximate surface area is 128 Å². The predicted octanol–water partition coefficient (Wildman–Crippen LogP) is 1.70. The van der Waals surface area contributed by atoms with E-state index >= 15 is 0 Å². The zero-order chi connectivity index (χ0) is 15.5. The molecule has 0 fully saturated rings. The molecular formula is C12H19BrN2O4S. The van der Waals surface area contributed by atoms with E-state index in [0.29, 0.717) is 16.8 Å². The van der Waals surface area contributed by atoms with Gasteiger partial charge in [0.2, 0.25) is 10.0 Å². The summed E-state index contributed by atoms with van der Waals surface area (Å²) in [6.07, 6.45) is 0. The number of nitrogens with two attached hydrogens (primary N) is 1. The van der Waals surface area contributed by atoms with Crippen molar-refractivity contribution in [3.63, 3.8) is 0 Å². The molecule has 0 radical (unpaired) electrons. The van der Waals surface area contributed by atoms with Crippen LogP contribution in [-0.4, -0.2) is 46.6 Å². The Morgan fingerprint density at radius 1 is 1.40 bits per heavy atom. The Balaban J connectivity index is 3.31. The van der Waals surface area contributed by atoms with Crippen LogP contribution in [0.25, 0.3) is 0 Å². The van der Waals surface area contributed by atoms with Gasteiger partial charge in [0.15, 0.2) is 0 Å². The van der Waals surface area contributed by atoms with E-state index in [1.807, 2.05) is 0 Å². The summed E-state index contributed by atoms with van der Waals surface area (Å²) in [7, 11) is 0.717. The molecule has 0 aliphatic rings. The summed E-state index contributed by atoms with van der Waals surface area (Å²) in [5.41, 5.74) is 6.10. The summed E-state index contributed by atoms with van der Waals surface area (Å²) in [4.78, 5) is 0.0335. The van der Waals surface area contributed by atoms with Crippen LogP contribution in [0.3, 0.4) is 0 Å². The molecule has 0 heterocycles. The number of sulfonamides is 1. The third kappa shape index (κ3) is 3.43. The quantitative estimate of drug-likeness (QED) is 0.774. The van der Waals surface area contributed by atoms with E-state index in [9.17, 15) is 8.42 Å². The Bertz CT molecular complexity index is 577. The van der Waals surface area contributed by atoms with Crippen molar-refractivity contribution in [1.82, 2.24) is 4.31 Å². The Kier molecular flexibility index (Phi) is 5.81. The third-order valence-electron chi connectivity index (χ3n) is 2.97. The van der Waals surface area contributed by atoms with Crippen LogP contribution in [0.15, 0.2) is 21.5 Å². The van der Waals surface area contributed by atoms with E-state index in [1.54, 1.807) is 6.92 Å². The van der Waals surface area contributed by atoms with Crippen LogP contribution < -0.4 is 10.5 Å². The molecule has 2 N–H and O–H groups in total. The lowest BCUT2D eigenvalue weighted by molar-refractivity contribution is 0.149. The number of rotatable bonds is 6. The molecule has 0 aliphatic carbocycles. The van der Waals surface area contributed by atoms with Crippen LogP contribution in [0.1, 0.15) is 6.92 Å². The summed E-state index contributed by atoms with van der Waals surface area (Å²) in [6, 6.07) is 2.62. The highest BCUT2D eigenvalue weighted by Crippen LogP contribution is 2.34. The molecule has 8 heteroatoms. The van der Waals surface area contributed by atoms with Crippen molar-refractivity contribution in [3.8, 4) is 5.75 Å². The fraction of sp³-hybridized carbons (Fsp3) is 0.500. The van der Waals surface area contributed by atoms with Crippen LogP contribution in [0, 0.1) is 0 Å². The molecule has 0 saturated carbocycles. The second-order valence-corrected chi connectivity index (χ2v) is 7.17. The van der Waals surface area contributed by atoms with Crippen LogP contribution in [0.4, 0.5) is 5.69 Å². The van der Waals surface area contributed by atoms with Gasteiger partial charge in [-0.1, -0.05) is 0 Å². The van der Waals surface area contributed by atoms with Gasteiger partial charge in [-0.05, 0) is 35.0 Å². The maximum Gasteiger partial charge on any atom is 0.246 e. The van der Waals surface area contributed by atoms with Gasteiger partial charge < -0.3 is 15.2 Å². The predicted molar refractivity (Wildman–Crippen MR) is 81.4 cm³/mol. The summed E-state index contributed by atoms with van der Waals surface area (Å²) in [5, 5.41) is 0. The minimum Gasteiger partial charge on any atom is -0.495 e. The fourth-order valence-corrected chi connectivity index (χ4v) is 3.49. The average Bonchev–Trinajstić information content (AvgIpc) is 2.40. The van der Waals surface area contributed by atoms with Gasteiger partial charge in [0.05, 0.1) is 13.7 Å². The lowest BCUT2D eigenvalue weighted by Crippen LogP contribution is -2.38. The van der Waals surface area contributed by atoms with Crippen molar-refractivity contribution in [2.45, 2.75) is 17.9 Å². The molecular weight excluding hydrogens is 348 g/mol. The highest BCUT2D eigenvalue weighted by Gasteiger charge is 2.29. The lowest BCUT2D eigenvalue weighted by Gasteiger charge is -2.24. The molecule has 0 aromatic heterocycles. The van der Waals surface area contributed by atoms with Crippen molar-refractivity contribution in [2.24, 2.45) is 0 Å². The molecule has 6 nitrogen and oxygen atoms in total. The Morgan fingerprint density at radius 2 is 2.00 bits per heavy atom. The molecule has 1 aromatic carbocycles. The zero-order valence-electron chi connectivity index (χ0n) is 11.9. The van der Waals surface area contributed by atoms with Crippen LogP contribution in [0.5, 0.6) is 5.75 Å². The second kappa shape index (κ2) is 6.75. The van der Waals surface area contributed by atoms with Gasteiger partial charge in [-0.3, -0.25) is 0 Å². The number of methoxy groups -OCH3 is 2. The zero-order valence-corrected chi connectivity index (χ0v) is 14.3. The standard InChI is InChI=1S/C12H19BrN2O4S/c1-8(7-18-3)15(2)20(16,17)12-6-10(14)9(13)5-11(12)19-4/h5-6,8H,7,14H2,1-4H3. The highest BCUT2D eigenvalue weighted by molar-refractivity contribution is 9.10. The van der Waals surface area contributed by atoms with Gasteiger partial charge in [-0.25, -0.2) is 8.42 Å². The van der Waals surface area contributed by atoms with Crippen molar-refractivity contribution in [3.05, 3.63) is 16.6 Å². The largest absolute Gasteiger partial charge is 0.495 e. The van der Waals surface area contributed by atoms with Gasteiger partial charge in [-0.2, -0.15) is 4.31 Å². The summed E-state index contributed by atoms with van der Waals surface area (Å²) >= 11 is 3.25. The van der Waals surface area contributed by atoms with Gasteiger partial charge in [-0.15, -0.1) is 0 Å². The minimum atomic E-state index is -3.71. The van der Waals surface area contributed by atoms with E-state index in [4.69, 9.17) is 15.2 Å². The first-order chi connectivity index (χ1) is 9.25. The van der Waals surface area contributed by atoms with Crippen molar-refractivity contribution in [2.75, 3.05) is 33.6 Å². The molecule has 114 valence electrons. The molecule has 20 heavy (non-hydrogen) atoms. The fourth-order valence-electron chi connectivity index (χ4n) is 1.65. The van der Waals surface area contributed by atoms with E-state index in [2.05, 4.69) is 15.9 Å². The topological polar surface area (TPSA) is 81.9 Å². The monoisotopic (exact) mass is 366 g/mol. The number of benzene rings is 1. The van der Waals surface area contributed by atoms with Gasteiger partial charge in [0.25, 0.3) is 0 Å². The molecule has 1 atom stereocenters. The van der Waals surface area contributed by atoms with Gasteiger partial charge >= 0.3 is 0 Å². The smallest absolute Gasteiger partial charge is 0.246 e. The SMILES string of the molecule is COCC(C)N(C)S(=O)(=O)c1cc(N)c(Br)cc1OC. The maximum absolute atomic E-state index is 12.6. The van der Waals surface area contributed by atoms with E-state index in [1.165, 1.54) is 37.7 Å². The van der Waals surface area contributed by atoms with Gasteiger partial charge in [0, 0.05) is 30.4 Å². The molecule has 1 unspecified atom stereocenters. The summed E-state index contributed by atoms with van der Waals surface area (Å²) < 4.78 is 37.2. The lowest BCUT2D eigenvalue weighted by atomic mass is 10.3. The van der Waals surface area contributed by atoms with Crippen LogP contribution >= 0.6 is 15.9 Å². The molecule has 1 aromatic rings. The molecule has 0 bridgehead atoms. The molecule has 0 aliphatic heterocycles. The van der Waals surface area contributed by atoms with E-state index in [0.717, 1.165) is 0 Å². The summed E-state index contributed by atoms with van der Waals surface area (Å²) in [6.45, 7) is 2.06. The average molecular weight is 367 g/mol. The van der Waals surface area contributed by atoms with Gasteiger partial charge in [0.1, 0.15) is 10.6 Å². The molecule has 0 spiro atoms. The highest BCUT2D eigenvalue weighted by atomic mass is 79.9. The number of halogens is 1. The maximum atomic E-state index is 12.6. The summed E-state index contributed by atoms with van der Waals surface area (Å²) in [5.74, 6) is 0.238. The Morgan fingerprint density at radius 3 is 2.50 bits per heavy atom. The van der Waals surface area contributed by atoms with Crippen molar-refractivity contribution >= 4 is 31.6 Å². The first-order valence-electron chi connectivity index (χ1n) is 5.85. The number of ether oxygens (including phenoxy) is 2. The van der Waals surface area contributed by atoms with E-state index in [-0.39, 0.29) is 16.7 Å². The second-order valence-electron chi connectivity index (χ2n) is 4.35. The number of anilines is 1. The molecule has 1 rings (SSSR count). The number of likely N-dealkylation sites (N-methyl/N-ethyl adjacent to an activating group) is 1. The Hall–Kier alpha value is -0.830.